The lowest BCUT2D eigenvalue weighted by atomic mass is 10.0. The van der Waals surface area contributed by atoms with Gasteiger partial charge in [0, 0.05) is 4.88 Å². The number of thiophene rings is 1. The molecule has 0 saturated heterocycles. The first-order valence-electron chi connectivity index (χ1n) is 5.45. The van der Waals surface area contributed by atoms with Crippen LogP contribution in [0.2, 0.25) is 0 Å². The molecule has 0 unspecified atom stereocenters. The van der Waals surface area contributed by atoms with Crippen LogP contribution in [0.3, 0.4) is 0 Å². The van der Waals surface area contributed by atoms with E-state index in [1.807, 2.05) is 11.4 Å². The summed E-state index contributed by atoms with van der Waals surface area (Å²) in [6, 6.07) is 4.91. The van der Waals surface area contributed by atoms with Crippen LogP contribution >= 0.6 is 11.3 Å². The lowest BCUT2D eigenvalue weighted by Gasteiger charge is -2.09. The van der Waals surface area contributed by atoms with Crippen molar-refractivity contribution in [1.82, 2.24) is 0 Å². The van der Waals surface area contributed by atoms with Crippen molar-refractivity contribution in [2.75, 3.05) is 0 Å². The Morgan fingerprint density at radius 2 is 1.89 bits per heavy atom. The normalized spacial score (nSPS) is 11.6. The molecule has 1 aromatic heterocycles. The summed E-state index contributed by atoms with van der Waals surface area (Å²) in [5.74, 6) is -1.23. The van der Waals surface area contributed by atoms with E-state index in [-0.39, 0.29) is 0 Å². The third-order valence-corrected chi connectivity index (χ3v) is 3.60. The smallest absolute Gasteiger partial charge is 0.206 e. The zero-order chi connectivity index (χ0) is 14.0. The monoisotopic (exact) mass is 286 g/mol. The molecule has 19 heavy (non-hydrogen) atoms. The van der Waals surface area contributed by atoms with Crippen LogP contribution in [0.15, 0.2) is 36.2 Å². The first-order valence-corrected chi connectivity index (χ1v) is 6.33. The summed E-state index contributed by atoms with van der Waals surface area (Å²) in [4.78, 5) is 0.974. The van der Waals surface area contributed by atoms with Crippen molar-refractivity contribution < 1.29 is 17.6 Å². The van der Waals surface area contributed by atoms with Gasteiger partial charge < -0.3 is 0 Å². The van der Waals surface area contributed by atoms with Crippen molar-refractivity contribution in [2.45, 2.75) is 12.6 Å². The molecule has 0 N–H and O–H groups in total. The Hall–Kier alpha value is -1.62. The van der Waals surface area contributed by atoms with E-state index in [0.717, 1.165) is 22.6 Å². The second-order valence-corrected chi connectivity index (χ2v) is 4.99. The molecule has 0 nitrogen and oxygen atoms in total. The van der Waals surface area contributed by atoms with Crippen LogP contribution in [0.1, 0.15) is 21.6 Å². The molecule has 2 rings (SSSR count). The fraction of sp³-hybridized carbons (Fsp3) is 0.143. The Labute approximate surface area is 112 Å². The van der Waals surface area contributed by atoms with E-state index in [2.05, 4.69) is 6.58 Å². The SMILES string of the molecule is C=Cc1cc(Cc2ccc(C(F)(F)F)c(F)c2)cs1. The first-order chi connectivity index (χ1) is 8.90. The Balaban J connectivity index is 2.23. The number of alkyl halides is 3. The summed E-state index contributed by atoms with van der Waals surface area (Å²) in [7, 11) is 0. The van der Waals surface area contributed by atoms with Gasteiger partial charge in [0.25, 0.3) is 0 Å². The zero-order valence-electron chi connectivity index (χ0n) is 9.80. The second-order valence-electron chi connectivity index (χ2n) is 4.05. The lowest BCUT2D eigenvalue weighted by molar-refractivity contribution is -0.140. The topological polar surface area (TPSA) is 0 Å². The van der Waals surface area contributed by atoms with Crippen molar-refractivity contribution in [1.29, 1.82) is 0 Å². The highest BCUT2D eigenvalue weighted by atomic mass is 32.1. The Bertz CT molecular complexity index is 596. The molecule has 1 aromatic carbocycles. The van der Waals surface area contributed by atoms with Gasteiger partial charge in [-0.1, -0.05) is 18.7 Å². The molecular weight excluding hydrogens is 276 g/mol. The second kappa shape index (κ2) is 5.17. The van der Waals surface area contributed by atoms with Gasteiger partial charge in [0.1, 0.15) is 5.82 Å². The van der Waals surface area contributed by atoms with Gasteiger partial charge in [0.2, 0.25) is 0 Å². The van der Waals surface area contributed by atoms with Crippen LogP contribution < -0.4 is 0 Å². The molecule has 100 valence electrons. The maximum atomic E-state index is 13.4. The fourth-order valence-corrected chi connectivity index (χ4v) is 2.48. The quantitative estimate of drug-likeness (QED) is 0.685. The molecule has 0 aliphatic carbocycles. The third kappa shape index (κ3) is 3.23. The highest BCUT2D eigenvalue weighted by molar-refractivity contribution is 7.11. The number of benzene rings is 1. The summed E-state index contributed by atoms with van der Waals surface area (Å²) in [6.45, 7) is 3.63. The molecule has 0 aliphatic rings. The van der Waals surface area contributed by atoms with Gasteiger partial charge in [-0.15, -0.1) is 11.3 Å². The summed E-state index contributed by atoms with van der Waals surface area (Å²) in [6.07, 6.45) is -2.55. The van der Waals surface area contributed by atoms with Crippen LogP contribution in [0.25, 0.3) is 6.08 Å². The van der Waals surface area contributed by atoms with Crippen LogP contribution in [-0.2, 0) is 12.6 Å². The Morgan fingerprint density at radius 3 is 2.42 bits per heavy atom. The molecule has 2 aromatic rings. The van der Waals surface area contributed by atoms with Gasteiger partial charge in [0.05, 0.1) is 5.56 Å². The Morgan fingerprint density at radius 1 is 1.16 bits per heavy atom. The maximum Gasteiger partial charge on any atom is 0.419 e. The average Bonchev–Trinajstić information content (AvgIpc) is 2.75. The summed E-state index contributed by atoms with van der Waals surface area (Å²) < 4.78 is 50.6. The largest absolute Gasteiger partial charge is 0.419 e. The molecule has 0 radical (unpaired) electrons. The number of halogens is 4. The molecule has 0 spiro atoms. The molecule has 0 atom stereocenters. The molecule has 0 saturated carbocycles. The molecule has 0 aliphatic heterocycles. The summed E-state index contributed by atoms with van der Waals surface area (Å²) >= 11 is 1.49. The van der Waals surface area contributed by atoms with Crippen molar-refractivity contribution in [3.05, 3.63) is 63.6 Å². The number of hydrogen-bond acceptors (Lipinski definition) is 1. The van der Waals surface area contributed by atoms with E-state index in [4.69, 9.17) is 0 Å². The van der Waals surface area contributed by atoms with Crippen molar-refractivity contribution in [3.63, 3.8) is 0 Å². The lowest BCUT2D eigenvalue weighted by Crippen LogP contribution is -2.08. The zero-order valence-corrected chi connectivity index (χ0v) is 10.6. The summed E-state index contributed by atoms with van der Waals surface area (Å²) in [5.41, 5.74) is 0.214. The summed E-state index contributed by atoms with van der Waals surface area (Å²) in [5, 5.41) is 1.88. The Kier molecular flexibility index (Phi) is 3.75. The minimum Gasteiger partial charge on any atom is -0.206 e. The average molecular weight is 286 g/mol. The van der Waals surface area contributed by atoms with Crippen LogP contribution in [0.4, 0.5) is 17.6 Å². The third-order valence-electron chi connectivity index (χ3n) is 2.62. The van der Waals surface area contributed by atoms with E-state index < -0.39 is 17.6 Å². The van der Waals surface area contributed by atoms with E-state index in [9.17, 15) is 17.6 Å². The van der Waals surface area contributed by atoms with Gasteiger partial charge in [-0.25, -0.2) is 4.39 Å². The fourth-order valence-electron chi connectivity index (χ4n) is 1.73. The molecule has 1 heterocycles. The molecule has 0 amide bonds. The molecular formula is C14H10F4S. The predicted molar refractivity (Wildman–Crippen MR) is 68.6 cm³/mol. The van der Waals surface area contributed by atoms with E-state index >= 15 is 0 Å². The van der Waals surface area contributed by atoms with Crippen molar-refractivity contribution in [3.8, 4) is 0 Å². The van der Waals surface area contributed by atoms with Gasteiger partial charge in [-0.05, 0) is 41.1 Å². The minimum atomic E-state index is -4.65. The van der Waals surface area contributed by atoms with Crippen LogP contribution in [-0.4, -0.2) is 0 Å². The highest BCUT2D eigenvalue weighted by Crippen LogP contribution is 2.32. The van der Waals surface area contributed by atoms with Gasteiger partial charge in [0.15, 0.2) is 0 Å². The standard InChI is InChI=1S/C14H10F4S/c1-2-11-6-10(8-19-11)5-9-3-4-12(13(15)7-9)14(16,17)18/h2-4,6-8H,1,5H2. The van der Waals surface area contributed by atoms with E-state index in [1.165, 1.54) is 17.4 Å². The van der Waals surface area contributed by atoms with Gasteiger partial charge in [-0.3, -0.25) is 0 Å². The number of hydrogen-bond donors (Lipinski definition) is 0. The minimum absolute atomic E-state index is 0.402. The van der Waals surface area contributed by atoms with E-state index in [0.29, 0.717) is 12.0 Å². The molecule has 0 fully saturated rings. The van der Waals surface area contributed by atoms with Gasteiger partial charge in [-0.2, -0.15) is 13.2 Å². The number of rotatable bonds is 3. The van der Waals surface area contributed by atoms with E-state index in [1.54, 1.807) is 6.08 Å². The highest BCUT2D eigenvalue weighted by Gasteiger charge is 2.33. The van der Waals surface area contributed by atoms with Crippen LogP contribution in [0.5, 0.6) is 0 Å². The maximum absolute atomic E-state index is 13.4. The molecule has 5 heteroatoms. The first kappa shape index (κ1) is 13.8. The predicted octanol–water partition coefficient (Wildman–Crippen LogP) is 5.14. The molecule has 0 bridgehead atoms. The van der Waals surface area contributed by atoms with Gasteiger partial charge >= 0.3 is 6.18 Å². The van der Waals surface area contributed by atoms with Crippen molar-refractivity contribution in [2.24, 2.45) is 0 Å². The van der Waals surface area contributed by atoms with Crippen LogP contribution in [0, 0.1) is 5.82 Å². The van der Waals surface area contributed by atoms with Crippen molar-refractivity contribution >= 4 is 17.4 Å².